The second-order valence-electron chi connectivity index (χ2n) is 3.48. The zero-order valence-corrected chi connectivity index (χ0v) is 10.2. The van der Waals surface area contributed by atoms with Crippen LogP contribution in [0.15, 0.2) is 30.6 Å². The number of halogens is 1. The molecule has 0 bridgehead atoms. The normalized spacial score (nSPS) is 10.7. The summed E-state index contributed by atoms with van der Waals surface area (Å²) in [6, 6.07) is 3.49. The molecule has 0 unspecified atom stereocenters. The van der Waals surface area contributed by atoms with E-state index in [1.165, 1.54) is 0 Å². The molecule has 6 nitrogen and oxygen atoms in total. The maximum atomic E-state index is 11.5. The van der Waals surface area contributed by atoms with E-state index in [0.29, 0.717) is 18.2 Å². The minimum Gasteiger partial charge on any atom is -0.357 e. The molecule has 0 aliphatic heterocycles. The molecule has 0 aliphatic carbocycles. The Balaban J connectivity index is 1.80. The highest BCUT2D eigenvalue weighted by molar-refractivity contribution is 6.23. The van der Waals surface area contributed by atoms with Gasteiger partial charge in [0, 0.05) is 24.5 Å². The first-order valence-electron chi connectivity index (χ1n) is 5.29. The minimum absolute atomic E-state index is 0.141. The van der Waals surface area contributed by atoms with Gasteiger partial charge in [0.2, 0.25) is 5.95 Å². The number of H-pyrrole nitrogens is 2. The van der Waals surface area contributed by atoms with Gasteiger partial charge in [-0.2, -0.15) is 0 Å². The van der Waals surface area contributed by atoms with Crippen LogP contribution in [0.4, 0.5) is 5.95 Å². The van der Waals surface area contributed by atoms with Gasteiger partial charge in [-0.1, -0.05) is 6.08 Å². The number of imidazole rings is 1. The van der Waals surface area contributed by atoms with Crippen molar-refractivity contribution in [3.05, 3.63) is 42.0 Å². The summed E-state index contributed by atoms with van der Waals surface area (Å²) in [4.78, 5) is 23.6. The number of rotatable bonds is 5. The lowest BCUT2D eigenvalue weighted by molar-refractivity contribution is 0.0953. The van der Waals surface area contributed by atoms with E-state index in [-0.39, 0.29) is 5.91 Å². The molecule has 94 valence electrons. The Labute approximate surface area is 109 Å². The lowest BCUT2D eigenvalue weighted by atomic mass is 10.4. The van der Waals surface area contributed by atoms with Gasteiger partial charge >= 0.3 is 0 Å². The maximum Gasteiger partial charge on any atom is 0.267 e. The quantitative estimate of drug-likeness (QED) is 0.621. The molecular formula is C11H12ClN5O. The molecule has 0 fully saturated rings. The Morgan fingerprint density at radius 2 is 2.44 bits per heavy atom. The molecule has 0 atom stereocenters. The van der Waals surface area contributed by atoms with E-state index in [0.717, 1.165) is 5.69 Å². The maximum absolute atomic E-state index is 11.5. The standard InChI is InChI=1S/C11H12ClN5O/c12-17-11-15-7-8(16-11)3-1-6-14-10(18)9-4-2-5-13-9/h1-5,7,13H,6H2,(H,14,18)(H2,15,16,17)/b3-1+. The lowest BCUT2D eigenvalue weighted by Crippen LogP contribution is -2.23. The number of aromatic nitrogens is 3. The number of hydrogen-bond acceptors (Lipinski definition) is 3. The molecule has 1 amide bonds. The molecule has 0 radical (unpaired) electrons. The number of carbonyl (C=O) groups is 1. The van der Waals surface area contributed by atoms with Gasteiger partial charge in [-0.25, -0.2) is 4.98 Å². The summed E-state index contributed by atoms with van der Waals surface area (Å²) in [7, 11) is 0. The van der Waals surface area contributed by atoms with E-state index < -0.39 is 0 Å². The van der Waals surface area contributed by atoms with Gasteiger partial charge in [0.15, 0.2) is 0 Å². The Morgan fingerprint density at radius 1 is 1.56 bits per heavy atom. The van der Waals surface area contributed by atoms with Crippen LogP contribution in [0.3, 0.4) is 0 Å². The van der Waals surface area contributed by atoms with Crippen molar-refractivity contribution in [2.24, 2.45) is 0 Å². The first-order valence-corrected chi connectivity index (χ1v) is 5.67. The van der Waals surface area contributed by atoms with E-state index >= 15 is 0 Å². The summed E-state index contributed by atoms with van der Waals surface area (Å²) in [5.74, 6) is 0.337. The number of nitrogens with one attached hydrogen (secondary N) is 4. The van der Waals surface area contributed by atoms with Gasteiger partial charge in [-0.3, -0.25) is 9.63 Å². The average Bonchev–Trinajstić information content (AvgIpc) is 3.05. The topological polar surface area (TPSA) is 85.6 Å². The predicted octanol–water partition coefficient (Wildman–Crippen LogP) is 1.75. The summed E-state index contributed by atoms with van der Waals surface area (Å²) in [6.07, 6.45) is 6.95. The molecule has 4 N–H and O–H groups in total. The third-order valence-electron chi connectivity index (χ3n) is 2.21. The molecule has 2 heterocycles. The van der Waals surface area contributed by atoms with Gasteiger partial charge in [0.05, 0.1) is 11.9 Å². The molecule has 0 saturated carbocycles. The van der Waals surface area contributed by atoms with E-state index in [1.807, 2.05) is 6.08 Å². The fourth-order valence-corrected chi connectivity index (χ4v) is 1.47. The van der Waals surface area contributed by atoms with E-state index in [9.17, 15) is 4.79 Å². The highest BCUT2D eigenvalue weighted by atomic mass is 35.5. The van der Waals surface area contributed by atoms with Crippen molar-refractivity contribution in [3.8, 4) is 0 Å². The van der Waals surface area contributed by atoms with Crippen molar-refractivity contribution in [1.29, 1.82) is 0 Å². The monoisotopic (exact) mass is 265 g/mol. The van der Waals surface area contributed by atoms with Gasteiger partial charge in [-0.05, 0) is 18.2 Å². The van der Waals surface area contributed by atoms with Crippen LogP contribution in [-0.4, -0.2) is 27.4 Å². The second kappa shape index (κ2) is 5.92. The van der Waals surface area contributed by atoms with Crippen molar-refractivity contribution in [1.82, 2.24) is 20.3 Å². The number of anilines is 1. The van der Waals surface area contributed by atoms with Crippen molar-refractivity contribution in [2.45, 2.75) is 0 Å². The number of aromatic amines is 2. The molecule has 0 spiro atoms. The van der Waals surface area contributed by atoms with Crippen LogP contribution in [0.5, 0.6) is 0 Å². The molecule has 0 aliphatic rings. The molecular weight excluding hydrogens is 254 g/mol. The van der Waals surface area contributed by atoms with Crippen molar-refractivity contribution >= 4 is 29.7 Å². The SMILES string of the molecule is O=C(NC/C=C/c1cnc(NCl)[nH]1)c1ccc[nH]1. The van der Waals surface area contributed by atoms with E-state index in [4.69, 9.17) is 11.8 Å². The Bertz CT molecular complexity index is 531. The van der Waals surface area contributed by atoms with Crippen LogP contribution in [0, 0.1) is 0 Å². The highest BCUT2D eigenvalue weighted by Crippen LogP contribution is 2.04. The summed E-state index contributed by atoms with van der Waals surface area (Å²) >= 11 is 5.37. The van der Waals surface area contributed by atoms with Gasteiger partial charge in [0.1, 0.15) is 5.69 Å². The fourth-order valence-electron chi connectivity index (χ4n) is 1.37. The molecule has 7 heteroatoms. The summed E-state index contributed by atoms with van der Waals surface area (Å²) < 4.78 is 0. The van der Waals surface area contributed by atoms with Crippen LogP contribution in [0.25, 0.3) is 6.08 Å². The van der Waals surface area contributed by atoms with Crippen LogP contribution in [0.1, 0.15) is 16.2 Å². The number of hydrogen-bond donors (Lipinski definition) is 4. The minimum atomic E-state index is -0.141. The first-order chi connectivity index (χ1) is 8.79. The van der Waals surface area contributed by atoms with Crippen LogP contribution in [0.2, 0.25) is 0 Å². The third-order valence-corrected chi connectivity index (χ3v) is 2.38. The fraction of sp³-hybridized carbons (Fsp3) is 0.0909. The first kappa shape index (κ1) is 12.3. The zero-order valence-electron chi connectivity index (χ0n) is 9.40. The van der Waals surface area contributed by atoms with Crippen LogP contribution >= 0.6 is 11.8 Å². The summed E-state index contributed by atoms with van der Waals surface area (Å²) in [6.45, 7) is 0.431. The highest BCUT2D eigenvalue weighted by Gasteiger charge is 2.02. The number of amides is 1. The number of carbonyl (C=O) groups excluding carboxylic acids is 1. The Kier molecular flexibility index (Phi) is 4.03. The Hall–Kier alpha value is -2.21. The third kappa shape index (κ3) is 3.14. The molecule has 2 rings (SSSR count). The van der Waals surface area contributed by atoms with Crippen molar-refractivity contribution in [2.75, 3.05) is 11.4 Å². The number of nitrogens with zero attached hydrogens (tertiary/aromatic N) is 1. The smallest absolute Gasteiger partial charge is 0.267 e. The Morgan fingerprint density at radius 3 is 3.11 bits per heavy atom. The van der Waals surface area contributed by atoms with E-state index in [2.05, 4.69) is 25.1 Å². The van der Waals surface area contributed by atoms with Crippen LogP contribution in [-0.2, 0) is 0 Å². The van der Waals surface area contributed by atoms with Gasteiger partial charge < -0.3 is 15.3 Å². The van der Waals surface area contributed by atoms with E-state index in [1.54, 1.807) is 30.6 Å². The molecule has 18 heavy (non-hydrogen) atoms. The molecule has 0 saturated heterocycles. The second-order valence-corrected chi connectivity index (χ2v) is 3.67. The summed E-state index contributed by atoms with van der Waals surface area (Å²) in [5, 5.41) is 2.74. The molecule has 0 aromatic carbocycles. The van der Waals surface area contributed by atoms with Crippen LogP contribution < -0.4 is 10.2 Å². The van der Waals surface area contributed by atoms with Crippen molar-refractivity contribution < 1.29 is 4.79 Å². The lowest BCUT2D eigenvalue weighted by Gasteiger charge is -1.98. The van der Waals surface area contributed by atoms with Crippen molar-refractivity contribution in [3.63, 3.8) is 0 Å². The molecule has 2 aromatic heterocycles. The molecule has 2 aromatic rings. The summed E-state index contributed by atoms with van der Waals surface area (Å²) in [5.41, 5.74) is 1.34. The predicted molar refractivity (Wildman–Crippen MR) is 70.2 cm³/mol. The largest absolute Gasteiger partial charge is 0.357 e. The zero-order chi connectivity index (χ0) is 12.8. The van der Waals surface area contributed by atoms with Gasteiger partial charge in [0.25, 0.3) is 5.91 Å². The van der Waals surface area contributed by atoms with Gasteiger partial charge in [-0.15, -0.1) is 0 Å². The average molecular weight is 266 g/mol.